The number of aliphatic hydroxyl groups is 2. The van der Waals surface area contributed by atoms with Gasteiger partial charge in [-0.15, -0.1) is 5.10 Å². The van der Waals surface area contributed by atoms with E-state index in [0.29, 0.717) is 11.5 Å². The molecule has 0 unspecified atom stereocenters. The van der Waals surface area contributed by atoms with E-state index in [-0.39, 0.29) is 13.2 Å². The number of aromatic amines is 1. The number of aromatic nitrogens is 4. The highest BCUT2D eigenvalue weighted by Gasteiger charge is 2.07. The molecule has 0 amide bonds. The first kappa shape index (κ1) is 10.6. The summed E-state index contributed by atoms with van der Waals surface area (Å²) in [4.78, 5) is 11.2. The standard InChI is InChI=1S/C8H11N5O3/c14-3-5(4-15)9-6-1-2-7-10-11-8(16)13(7)12-6/h1-2,5,14-15H,3-4H2,(H,9,12)(H,11,16). The fraction of sp³-hybridized carbons (Fsp3) is 0.375. The van der Waals surface area contributed by atoms with Crippen molar-refractivity contribution in [2.24, 2.45) is 0 Å². The lowest BCUT2D eigenvalue weighted by molar-refractivity contribution is 0.203. The van der Waals surface area contributed by atoms with E-state index in [1.165, 1.54) is 0 Å². The first-order chi connectivity index (χ1) is 7.74. The van der Waals surface area contributed by atoms with Gasteiger partial charge in [0.25, 0.3) is 0 Å². The van der Waals surface area contributed by atoms with E-state index in [9.17, 15) is 4.79 Å². The van der Waals surface area contributed by atoms with E-state index in [1.54, 1.807) is 12.1 Å². The maximum absolute atomic E-state index is 11.2. The van der Waals surface area contributed by atoms with Crippen molar-refractivity contribution in [1.82, 2.24) is 19.8 Å². The summed E-state index contributed by atoms with van der Waals surface area (Å²) in [6.45, 7) is -0.451. The second kappa shape index (κ2) is 4.29. The number of rotatable bonds is 4. The van der Waals surface area contributed by atoms with E-state index < -0.39 is 11.7 Å². The minimum Gasteiger partial charge on any atom is -0.394 e. The number of aliphatic hydroxyl groups excluding tert-OH is 2. The Labute approximate surface area is 89.5 Å². The van der Waals surface area contributed by atoms with Crippen LogP contribution in [0.4, 0.5) is 5.82 Å². The molecule has 8 heteroatoms. The smallest absolute Gasteiger partial charge is 0.364 e. The first-order valence-corrected chi connectivity index (χ1v) is 4.67. The number of hydrogen-bond donors (Lipinski definition) is 4. The summed E-state index contributed by atoms with van der Waals surface area (Å²) in [7, 11) is 0. The normalized spacial score (nSPS) is 11.2. The second-order valence-corrected chi connectivity index (χ2v) is 3.22. The van der Waals surface area contributed by atoms with E-state index in [4.69, 9.17) is 10.2 Å². The molecule has 0 bridgehead atoms. The predicted octanol–water partition coefficient (Wildman–Crippen LogP) is -1.82. The van der Waals surface area contributed by atoms with Crippen LogP contribution in [0.15, 0.2) is 16.9 Å². The SMILES string of the molecule is O=c1[nH]nc2ccc(NC(CO)CO)nn12. The van der Waals surface area contributed by atoms with Crippen molar-refractivity contribution in [2.45, 2.75) is 6.04 Å². The Hall–Kier alpha value is -1.93. The number of nitrogens with one attached hydrogen (secondary N) is 2. The third-order valence-corrected chi connectivity index (χ3v) is 2.07. The molecule has 0 fully saturated rings. The number of H-pyrrole nitrogens is 1. The van der Waals surface area contributed by atoms with Crippen LogP contribution in [0.25, 0.3) is 5.65 Å². The van der Waals surface area contributed by atoms with Gasteiger partial charge in [-0.1, -0.05) is 0 Å². The Bertz CT molecular complexity index is 530. The Morgan fingerprint density at radius 3 is 2.88 bits per heavy atom. The van der Waals surface area contributed by atoms with Crippen LogP contribution in [0.3, 0.4) is 0 Å². The molecule has 2 rings (SSSR count). The molecule has 0 aliphatic rings. The average molecular weight is 225 g/mol. The highest BCUT2D eigenvalue weighted by atomic mass is 16.3. The second-order valence-electron chi connectivity index (χ2n) is 3.22. The topological polar surface area (TPSA) is 116 Å². The molecule has 2 aromatic rings. The molecule has 0 aliphatic carbocycles. The van der Waals surface area contributed by atoms with Gasteiger partial charge >= 0.3 is 5.69 Å². The summed E-state index contributed by atoms with van der Waals surface area (Å²) in [5, 5.41) is 30.4. The van der Waals surface area contributed by atoms with Gasteiger partial charge in [0.05, 0.1) is 19.3 Å². The minimum absolute atomic E-state index is 0.226. The van der Waals surface area contributed by atoms with E-state index >= 15 is 0 Å². The molecule has 0 aromatic carbocycles. The van der Waals surface area contributed by atoms with Gasteiger partial charge in [0.1, 0.15) is 5.82 Å². The molecule has 0 atom stereocenters. The van der Waals surface area contributed by atoms with Crippen molar-refractivity contribution in [1.29, 1.82) is 0 Å². The van der Waals surface area contributed by atoms with Crippen LogP contribution >= 0.6 is 0 Å². The fourth-order valence-corrected chi connectivity index (χ4v) is 1.24. The summed E-state index contributed by atoms with van der Waals surface area (Å²) in [5.74, 6) is 0.379. The molecule has 0 spiro atoms. The summed E-state index contributed by atoms with van der Waals surface area (Å²) in [6.07, 6.45) is 0. The van der Waals surface area contributed by atoms with E-state index in [0.717, 1.165) is 4.52 Å². The van der Waals surface area contributed by atoms with Gasteiger partial charge < -0.3 is 15.5 Å². The Kier molecular flexibility index (Phi) is 2.84. The van der Waals surface area contributed by atoms with Crippen molar-refractivity contribution in [3.63, 3.8) is 0 Å². The zero-order valence-electron chi connectivity index (χ0n) is 8.29. The lowest BCUT2D eigenvalue weighted by Crippen LogP contribution is -2.28. The van der Waals surface area contributed by atoms with E-state index in [2.05, 4.69) is 20.6 Å². The first-order valence-electron chi connectivity index (χ1n) is 4.67. The fourth-order valence-electron chi connectivity index (χ4n) is 1.24. The Morgan fingerprint density at radius 1 is 1.44 bits per heavy atom. The minimum atomic E-state index is -0.507. The van der Waals surface area contributed by atoms with Crippen molar-refractivity contribution < 1.29 is 10.2 Å². The van der Waals surface area contributed by atoms with Crippen LogP contribution in [-0.4, -0.2) is 49.3 Å². The monoisotopic (exact) mass is 225 g/mol. The molecule has 2 heterocycles. The lowest BCUT2D eigenvalue weighted by Gasteiger charge is -2.13. The van der Waals surface area contributed by atoms with Crippen LogP contribution in [0, 0.1) is 0 Å². The van der Waals surface area contributed by atoms with Gasteiger partial charge in [0.2, 0.25) is 0 Å². The predicted molar refractivity (Wildman–Crippen MR) is 55.2 cm³/mol. The Morgan fingerprint density at radius 2 is 2.19 bits per heavy atom. The molecule has 0 radical (unpaired) electrons. The van der Waals surface area contributed by atoms with Gasteiger partial charge in [-0.25, -0.2) is 9.89 Å². The highest BCUT2D eigenvalue weighted by molar-refractivity contribution is 5.43. The summed E-state index contributed by atoms with van der Waals surface area (Å²) in [5.41, 5.74) is -0.0386. The molecular weight excluding hydrogens is 214 g/mol. The van der Waals surface area contributed by atoms with Crippen LogP contribution in [-0.2, 0) is 0 Å². The summed E-state index contributed by atoms with van der Waals surface area (Å²) < 4.78 is 1.09. The zero-order valence-corrected chi connectivity index (χ0v) is 8.29. The van der Waals surface area contributed by atoms with Gasteiger partial charge in [0.15, 0.2) is 5.65 Å². The molecule has 2 aromatic heterocycles. The number of hydrogen-bond acceptors (Lipinski definition) is 6. The number of anilines is 1. The lowest BCUT2D eigenvalue weighted by atomic mass is 10.3. The molecule has 8 nitrogen and oxygen atoms in total. The molecule has 0 saturated carbocycles. The molecule has 0 saturated heterocycles. The summed E-state index contributed by atoms with van der Waals surface area (Å²) in [6, 6.07) is 2.69. The van der Waals surface area contributed by atoms with Crippen molar-refractivity contribution in [2.75, 3.05) is 18.5 Å². The Balaban J connectivity index is 2.31. The third kappa shape index (κ3) is 1.88. The van der Waals surface area contributed by atoms with Crippen LogP contribution < -0.4 is 11.0 Å². The molecule has 86 valence electrons. The number of fused-ring (bicyclic) bond motifs is 1. The maximum Gasteiger partial charge on any atom is 0.364 e. The maximum atomic E-state index is 11.2. The van der Waals surface area contributed by atoms with Gasteiger partial charge in [-0.05, 0) is 12.1 Å². The quantitative estimate of drug-likeness (QED) is 0.487. The average Bonchev–Trinajstić information content (AvgIpc) is 2.68. The number of nitrogens with zero attached hydrogens (tertiary/aromatic N) is 3. The highest BCUT2D eigenvalue weighted by Crippen LogP contribution is 2.04. The zero-order chi connectivity index (χ0) is 11.5. The third-order valence-electron chi connectivity index (χ3n) is 2.07. The largest absolute Gasteiger partial charge is 0.394 e. The van der Waals surface area contributed by atoms with Gasteiger partial charge in [-0.3, -0.25) is 0 Å². The van der Waals surface area contributed by atoms with Crippen LogP contribution in [0.5, 0.6) is 0 Å². The van der Waals surface area contributed by atoms with Crippen LogP contribution in [0.1, 0.15) is 0 Å². The van der Waals surface area contributed by atoms with Crippen molar-refractivity contribution in [3.05, 3.63) is 22.6 Å². The van der Waals surface area contributed by atoms with Crippen molar-refractivity contribution >= 4 is 11.5 Å². The molecule has 4 N–H and O–H groups in total. The van der Waals surface area contributed by atoms with Crippen molar-refractivity contribution in [3.8, 4) is 0 Å². The molecular formula is C8H11N5O3. The summed E-state index contributed by atoms with van der Waals surface area (Å²) >= 11 is 0. The van der Waals surface area contributed by atoms with Crippen LogP contribution in [0.2, 0.25) is 0 Å². The van der Waals surface area contributed by atoms with E-state index in [1.807, 2.05) is 0 Å². The molecule has 16 heavy (non-hydrogen) atoms. The van der Waals surface area contributed by atoms with Gasteiger partial charge in [0, 0.05) is 0 Å². The van der Waals surface area contributed by atoms with Gasteiger partial charge in [-0.2, -0.15) is 9.61 Å². The molecule has 0 aliphatic heterocycles.